The van der Waals surface area contributed by atoms with E-state index in [1.807, 2.05) is 72.8 Å². The van der Waals surface area contributed by atoms with Crippen molar-refractivity contribution in [3.8, 4) is 5.75 Å². The molecule has 0 spiro atoms. The van der Waals surface area contributed by atoms with Gasteiger partial charge in [0, 0.05) is 36.2 Å². The number of H-pyrrole nitrogens is 1. The average molecular weight is 621 g/mol. The van der Waals surface area contributed by atoms with Gasteiger partial charge in [-0.2, -0.15) is 0 Å². The number of nitrogens with zero attached hydrogens (tertiary/aromatic N) is 1. The lowest BCUT2D eigenvalue weighted by atomic mass is 9.94. The number of ether oxygens (including phenoxy) is 1. The maximum atomic E-state index is 14.0. The highest BCUT2D eigenvalue weighted by atomic mass is 16.5. The van der Waals surface area contributed by atoms with Gasteiger partial charge in [0.1, 0.15) is 29.4 Å². The first-order valence-electron chi connectivity index (χ1n) is 15.6. The van der Waals surface area contributed by atoms with Gasteiger partial charge in [0.2, 0.25) is 11.7 Å². The number of aromatic amines is 1. The van der Waals surface area contributed by atoms with Gasteiger partial charge in [0.25, 0.3) is 11.8 Å². The van der Waals surface area contributed by atoms with Crippen LogP contribution in [0.4, 0.5) is 0 Å². The van der Waals surface area contributed by atoms with Crippen LogP contribution < -0.4 is 15.4 Å². The molecule has 4 atom stereocenters. The summed E-state index contributed by atoms with van der Waals surface area (Å²) in [4.78, 5) is 71.5. The van der Waals surface area contributed by atoms with Crippen LogP contribution in [0.2, 0.25) is 0 Å². The van der Waals surface area contributed by atoms with E-state index >= 15 is 0 Å². The number of likely N-dealkylation sites (tertiary alicyclic amines) is 1. The Morgan fingerprint density at radius 3 is 2.37 bits per heavy atom. The Balaban J connectivity index is 1.22. The summed E-state index contributed by atoms with van der Waals surface area (Å²) in [6, 6.07) is 25.4. The molecule has 4 unspecified atom stereocenters. The molecule has 1 saturated carbocycles. The van der Waals surface area contributed by atoms with E-state index < -0.39 is 41.7 Å². The minimum absolute atomic E-state index is 0.0181. The Bertz CT molecular complexity index is 1700. The van der Waals surface area contributed by atoms with Crippen LogP contribution in [0.5, 0.6) is 5.75 Å². The molecule has 0 radical (unpaired) electrons. The quantitative estimate of drug-likeness (QED) is 0.217. The summed E-state index contributed by atoms with van der Waals surface area (Å²) in [6.45, 7) is 0.279. The lowest BCUT2D eigenvalue weighted by Gasteiger charge is -2.26. The van der Waals surface area contributed by atoms with Crippen molar-refractivity contribution in [2.75, 3.05) is 6.54 Å². The molecule has 46 heavy (non-hydrogen) atoms. The highest BCUT2D eigenvalue weighted by molar-refractivity contribution is 6.38. The van der Waals surface area contributed by atoms with Gasteiger partial charge in [0.05, 0.1) is 12.6 Å². The van der Waals surface area contributed by atoms with Crippen molar-refractivity contribution in [2.24, 2.45) is 5.92 Å². The smallest absolute Gasteiger partial charge is 0.289 e. The van der Waals surface area contributed by atoms with Gasteiger partial charge in [-0.1, -0.05) is 66.7 Å². The van der Waals surface area contributed by atoms with E-state index in [0.29, 0.717) is 30.7 Å². The highest BCUT2D eigenvalue weighted by Gasteiger charge is 2.43. The molecule has 1 aliphatic carbocycles. The van der Waals surface area contributed by atoms with E-state index in [9.17, 15) is 24.0 Å². The van der Waals surface area contributed by atoms with Crippen molar-refractivity contribution in [3.63, 3.8) is 0 Å². The van der Waals surface area contributed by atoms with Crippen LogP contribution in [-0.4, -0.2) is 63.9 Å². The number of carbonyl (C=O) groups is 5. The van der Waals surface area contributed by atoms with Crippen LogP contribution in [0.15, 0.2) is 91.0 Å². The number of ketones is 2. The number of rotatable bonds is 11. The molecule has 1 aromatic heterocycles. The maximum Gasteiger partial charge on any atom is 0.289 e. The molecule has 10 nitrogen and oxygen atoms in total. The van der Waals surface area contributed by atoms with Crippen LogP contribution in [0.1, 0.15) is 48.2 Å². The molecular weight excluding hydrogens is 584 g/mol. The number of nitrogens with one attached hydrogen (secondary N) is 3. The fraction of sp³-hybridized carbons (Fsp3) is 0.306. The third-order valence-corrected chi connectivity index (χ3v) is 8.74. The van der Waals surface area contributed by atoms with Gasteiger partial charge in [-0.15, -0.1) is 0 Å². The Morgan fingerprint density at radius 1 is 0.935 bits per heavy atom. The number of para-hydroxylation sites is 2. The lowest BCUT2D eigenvalue weighted by Crippen LogP contribution is -2.54. The molecule has 3 amide bonds. The number of amides is 3. The zero-order valence-electron chi connectivity index (χ0n) is 25.3. The fourth-order valence-corrected chi connectivity index (χ4v) is 6.34. The third kappa shape index (κ3) is 7.01. The third-order valence-electron chi connectivity index (χ3n) is 8.74. The molecule has 2 heterocycles. The normalized spacial score (nSPS) is 20.0. The predicted octanol–water partition coefficient (Wildman–Crippen LogP) is 3.96. The van der Waals surface area contributed by atoms with Crippen LogP contribution in [0, 0.1) is 5.92 Å². The first-order valence-corrected chi connectivity index (χ1v) is 15.6. The second-order valence-corrected chi connectivity index (χ2v) is 11.9. The van der Waals surface area contributed by atoms with Crippen LogP contribution in [0.3, 0.4) is 0 Å². The Labute approximate surface area is 266 Å². The first-order chi connectivity index (χ1) is 22.4. The minimum Gasteiger partial charge on any atom is -0.488 e. The molecular formula is C36H36N4O6. The number of Topliss-reactive ketones (excluding diaryl/α,β-unsaturated/α-hetero) is 2. The van der Waals surface area contributed by atoms with Crippen LogP contribution >= 0.6 is 0 Å². The summed E-state index contributed by atoms with van der Waals surface area (Å²) >= 11 is 0. The molecule has 1 saturated heterocycles. The van der Waals surface area contributed by atoms with Crippen LogP contribution in [-0.2, 0) is 25.7 Å². The number of fused-ring (bicyclic) bond motifs is 1. The zero-order chi connectivity index (χ0) is 32.0. The Morgan fingerprint density at radius 2 is 1.65 bits per heavy atom. The van der Waals surface area contributed by atoms with Crippen molar-refractivity contribution in [2.45, 2.75) is 56.8 Å². The second kappa shape index (κ2) is 13.8. The van der Waals surface area contributed by atoms with E-state index in [1.165, 1.54) is 4.90 Å². The van der Waals surface area contributed by atoms with E-state index in [0.717, 1.165) is 16.5 Å². The summed E-state index contributed by atoms with van der Waals surface area (Å²) in [6.07, 6.45) is 1.41. The standard InChI is InChI=1S/C36H36N4O6/c41-32-17-9-13-25(32)19-29(33(42)35(44)37-21-23-10-3-1-4-11-23)39-34(43)31-20-27(46-26-14-5-2-6-15-26)22-40(31)36(45)30-18-24-12-7-8-16-28(24)38-30/h1-8,10-12,14-16,18,25,27,29,31,38H,9,13,17,19-22H2,(H,37,44)(H,39,43). The summed E-state index contributed by atoms with van der Waals surface area (Å²) in [5.41, 5.74) is 1.93. The van der Waals surface area contributed by atoms with Gasteiger partial charge in [-0.25, -0.2) is 0 Å². The molecule has 1 aliphatic heterocycles. The number of benzene rings is 3. The lowest BCUT2D eigenvalue weighted by molar-refractivity contribution is -0.141. The molecule has 6 rings (SSSR count). The van der Waals surface area contributed by atoms with E-state index in [1.54, 1.807) is 18.2 Å². The molecule has 2 aliphatic rings. The summed E-state index contributed by atoms with van der Waals surface area (Å²) in [5, 5.41) is 6.27. The number of hydrogen-bond acceptors (Lipinski definition) is 6. The number of carbonyl (C=O) groups excluding carboxylic acids is 5. The second-order valence-electron chi connectivity index (χ2n) is 11.9. The SMILES string of the molecule is O=C(NCc1ccccc1)C(=O)C(CC1CCCC1=O)NC(=O)C1CC(Oc2ccccc2)CN1C(=O)c1cc2ccccc2[nH]1. The largest absolute Gasteiger partial charge is 0.488 e. The molecule has 10 heteroatoms. The number of hydrogen-bond donors (Lipinski definition) is 3. The number of aromatic nitrogens is 1. The van der Waals surface area contributed by atoms with E-state index in [2.05, 4.69) is 15.6 Å². The van der Waals surface area contributed by atoms with Gasteiger partial charge in [-0.3, -0.25) is 24.0 Å². The van der Waals surface area contributed by atoms with E-state index in [4.69, 9.17) is 4.74 Å². The summed E-state index contributed by atoms with van der Waals surface area (Å²) in [7, 11) is 0. The maximum absolute atomic E-state index is 14.0. The van der Waals surface area contributed by atoms with Crippen molar-refractivity contribution >= 4 is 40.2 Å². The molecule has 0 bridgehead atoms. The van der Waals surface area contributed by atoms with Crippen molar-refractivity contribution in [1.82, 2.24) is 20.5 Å². The van der Waals surface area contributed by atoms with Crippen molar-refractivity contribution < 1.29 is 28.7 Å². The van der Waals surface area contributed by atoms with Gasteiger partial charge >= 0.3 is 0 Å². The van der Waals surface area contributed by atoms with Gasteiger partial charge < -0.3 is 25.3 Å². The van der Waals surface area contributed by atoms with Gasteiger partial charge in [0.15, 0.2) is 0 Å². The molecule has 3 N–H and O–H groups in total. The summed E-state index contributed by atoms with van der Waals surface area (Å²) < 4.78 is 6.16. The van der Waals surface area contributed by atoms with Crippen molar-refractivity contribution in [3.05, 3.63) is 102 Å². The molecule has 4 aromatic rings. The topological polar surface area (TPSA) is 138 Å². The first kappa shape index (κ1) is 30.8. The Hall–Kier alpha value is -5.25. The van der Waals surface area contributed by atoms with Crippen LogP contribution in [0.25, 0.3) is 10.9 Å². The minimum atomic E-state index is -1.23. The fourth-order valence-electron chi connectivity index (χ4n) is 6.34. The molecule has 2 fully saturated rings. The van der Waals surface area contributed by atoms with E-state index in [-0.39, 0.29) is 37.6 Å². The monoisotopic (exact) mass is 620 g/mol. The van der Waals surface area contributed by atoms with Gasteiger partial charge in [-0.05, 0) is 49.1 Å². The predicted molar refractivity (Wildman–Crippen MR) is 171 cm³/mol. The zero-order valence-corrected chi connectivity index (χ0v) is 25.3. The molecule has 3 aromatic carbocycles. The van der Waals surface area contributed by atoms with Crippen molar-refractivity contribution in [1.29, 1.82) is 0 Å². The average Bonchev–Trinajstić information content (AvgIpc) is 3.82. The Kier molecular flexibility index (Phi) is 9.23. The molecule has 236 valence electrons. The summed E-state index contributed by atoms with van der Waals surface area (Å²) in [5.74, 6) is -2.44. The highest BCUT2D eigenvalue weighted by Crippen LogP contribution is 2.28.